The lowest BCUT2D eigenvalue weighted by molar-refractivity contribution is -0.142. The summed E-state index contributed by atoms with van der Waals surface area (Å²) >= 11 is 6.34. The van der Waals surface area contributed by atoms with Gasteiger partial charge in [0.1, 0.15) is 35.6 Å². The van der Waals surface area contributed by atoms with Crippen LogP contribution in [0.4, 0.5) is 5.69 Å². The van der Waals surface area contributed by atoms with E-state index in [2.05, 4.69) is 41.9 Å². The van der Waals surface area contributed by atoms with E-state index in [1.54, 1.807) is 82.3 Å². The smallest absolute Gasteiger partial charge is 0.305 e. The molecule has 0 fully saturated rings. The Morgan fingerprint density at radius 3 is 1.58 bits per heavy atom. The first-order chi connectivity index (χ1) is 31.7. The molecule has 0 aliphatic heterocycles. The number of amides is 7. The van der Waals surface area contributed by atoms with Crippen LogP contribution in [0.1, 0.15) is 89.1 Å². The first-order valence-electron chi connectivity index (χ1n) is 21.9. The van der Waals surface area contributed by atoms with E-state index in [0.29, 0.717) is 29.7 Å². The molecule has 22 nitrogen and oxygen atoms in total. The monoisotopic (exact) mass is 955 g/mol. The molecule has 0 spiro atoms. The third-order valence-corrected chi connectivity index (χ3v) is 11.2. The van der Waals surface area contributed by atoms with Gasteiger partial charge in [0.2, 0.25) is 41.4 Å². The number of nitrogens with zero attached hydrogens (tertiary/aromatic N) is 2. The quantitative estimate of drug-likeness (QED) is 0.0217. The van der Waals surface area contributed by atoms with Gasteiger partial charge in [0.25, 0.3) is 0 Å². The van der Waals surface area contributed by atoms with Gasteiger partial charge in [-0.1, -0.05) is 83.0 Å². The minimum absolute atomic E-state index is 0.0273. The maximum absolute atomic E-state index is 14.0. The molecule has 8 atom stereocenters. The maximum atomic E-state index is 14.0. The zero-order chi connectivity index (χ0) is 50.2. The van der Waals surface area contributed by atoms with Gasteiger partial charge in [-0.3, -0.25) is 48.3 Å². The van der Waals surface area contributed by atoms with Crippen molar-refractivity contribution in [2.75, 3.05) is 18.4 Å². The standard InChI is InChI=1S/C44H66ClN13O9/c1-5-24(3)35(37(46)62)57-39(64)30(15-11-21-52-44(49)50)55-40(65)31(23-33(60)61)56-42(67)36(25(4)6-2)58-38(63)29(14-10-20-51-43(47)48)54-32(59)22-26-16-18-28(19-17-26)53-41(66)34(45)27-12-8-7-9-13-27/h7-9,12-13,16-19,24-25,29-31,34-36H,5-6,10-11,14-15,20-23H2,1-4H3,(H2,46,62)(H,53,66)(H,54,59)(H,55,65)(H,56,67)(H,57,64)(H,58,63)(H,60,61)(H4,47,48,51)(H4,49,50,52)/t24-,25-,29-,30-,31-,34?,35-,36-/m0/s1. The average molecular weight is 957 g/mol. The Morgan fingerprint density at radius 1 is 0.612 bits per heavy atom. The molecule has 2 aromatic rings. The molecule has 67 heavy (non-hydrogen) atoms. The van der Waals surface area contributed by atoms with Crippen LogP contribution in [0.15, 0.2) is 64.6 Å². The zero-order valence-corrected chi connectivity index (χ0v) is 39.0. The molecule has 0 heterocycles. The number of guanidine groups is 2. The number of nitrogens with two attached hydrogens (primary N) is 5. The number of benzene rings is 2. The Kier molecular flexibility index (Phi) is 24.2. The molecule has 0 radical (unpaired) electrons. The van der Waals surface area contributed by atoms with Gasteiger partial charge in [-0.2, -0.15) is 0 Å². The summed E-state index contributed by atoms with van der Waals surface area (Å²) < 4.78 is 0. The molecule has 23 heteroatoms. The number of aliphatic carboxylic acids is 1. The van der Waals surface area contributed by atoms with Crippen LogP contribution in [0.25, 0.3) is 0 Å². The summed E-state index contributed by atoms with van der Waals surface area (Å²) in [7, 11) is 0. The van der Waals surface area contributed by atoms with E-state index in [1.807, 2.05) is 0 Å². The molecule has 0 aliphatic carbocycles. The normalized spacial score (nSPS) is 14.4. The topological polar surface area (TPSA) is 384 Å². The number of primary amides is 1. The number of carboxylic acid groups (broad SMARTS) is 1. The summed E-state index contributed by atoms with van der Waals surface area (Å²) in [6, 6.07) is 8.47. The van der Waals surface area contributed by atoms with E-state index in [4.69, 9.17) is 40.3 Å². The summed E-state index contributed by atoms with van der Waals surface area (Å²) in [6.45, 7) is 7.05. The van der Waals surface area contributed by atoms with Gasteiger partial charge in [-0.05, 0) is 60.8 Å². The molecule has 368 valence electrons. The second kappa shape index (κ2) is 28.8. The zero-order valence-electron chi connectivity index (χ0n) is 38.3. The molecule has 1 unspecified atom stereocenters. The third-order valence-electron chi connectivity index (χ3n) is 10.7. The Balaban J connectivity index is 2.30. The molecule has 0 bridgehead atoms. The van der Waals surface area contributed by atoms with Crippen molar-refractivity contribution in [1.82, 2.24) is 26.6 Å². The summed E-state index contributed by atoms with van der Waals surface area (Å²) in [5.41, 5.74) is 28.9. The molecule has 2 rings (SSSR count). The number of rotatable bonds is 29. The van der Waals surface area contributed by atoms with Crippen LogP contribution >= 0.6 is 11.6 Å². The minimum atomic E-state index is -1.75. The highest BCUT2D eigenvalue weighted by Gasteiger charge is 2.35. The molecule has 0 saturated carbocycles. The van der Waals surface area contributed by atoms with Crippen LogP contribution in [0, 0.1) is 11.8 Å². The number of hydrogen-bond acceptors (Lipinski definition) is 10. The number of anilines is 1. The number of alkyl halides is 1. The fraction of sp³-hybridized carbons (Fsp3) is 0.500. The van der Waals surface area contributed by atoms with Crippen LogP contribution in [-0.2, 0) is 44.8 Å². The van der Waals surface area contributed by atoms with Crippen LogP contribution in [0.5, 0.6) is 0 Å². The fourth-order valence-electron chi connectivity index (χ4n) is 6.52. The summed E-state index contributed by atoms with van der Waals surface area (Å²) in [5.74, 6) is -8.19. The molecule has 2 aromatic carbocycles. The van der Waals surface area contributed by atoms with E-state index in [1.165, 1.54) is 0 Å². The molecule has 7 amide bonds. The first kappa shape index (κ1) is 56.2. The number of carbonyl (C=O) groups excluding carboxylic acids is 7. The Bertz CT molecular complexity index is 2050. The molecule has 0 aromatic heterocycles. The van der Waals surface area contributed by atoms with Crippen molar-refractivity contribution in [1.29, 1.82) is 0 Å². The van der Waals surface area contributed by atoms with Gasteiger partial charge in [-0.15, -0.1) is 11.6 Å². The van der Waals surface area contributed by atoms with Gasteiger partial charge in [0.15, 0.2) is 11.9 Å². The second-order valence-corrected chi connectivity index (χ2v) is 16.5. The summed E-state index contributed by atoms with van der Waals surface area (Å²) in [5, 5.41) is 24.4. The van der Waals surface area contributed by atoms with Crippen molar-refractivity contribution in [3.63, 3.8) is 0 Å². The van der Waals surface area contributed by atoms with Crippen molar-refractivity contribution in [3.8, 4) is 0 Å². The summed E-state index contributed by atoms with van der Waals surface area (Å²) in [6.07, 6.45) is 0.0700. The SMILES string of the molecule is CC[C@H](C)[C@H](NC(=O)[C@H](CCCN=C(N)N)NC(=O)[C@H](CC(=O)O)NC(=O)[C@@H](NC(=O)[C@H](CCCN=C(N)N)NC(=O)Cc1ccc(NC(=O)C(Cl)c2ccccc2)cc1)[C@@H](C)CC)C(N)=O. The Labute approximate surface area is 394 Å². The van der Waals surface area contributed by atoms with Crippen molar-refractivity contribution in [2.45, 2.75) is 115 Å². The predicted molar refractivity (Wildman–Crippen MR) is 254 cm³/mol. The largest absolute Gasteiger partial charge is 0.481 e. The average Bonchev–Trinajstić information content (AvgIpc) is 3.28. The molecular formula is C44H66ClN13O9. The van der Waals surface area contributed by atoms with Gasteiger partial charge < -0.3 is 65.7 Å². The molecule has 0 saturated heterocycles. The molecule has 17 N–H and O–H groups in total. The van der Waals surface area contributed by atoms with Gasteiger partial charge in [0, 0.05) is 18.8 Å². The second-order valence-electron chi connectivity index (χ2n) is 16.0. The van der Waals surface area contributed by atoms with E-state index in [-0.39, 0.29) is 63.0 Å². The lowest BCUT2D eigenvalue weighted by atomic mass is 9.96. The van der Waals surface area contributed by atoms with Crippen molar-refractivity contribution in [2.24, 2.45) is 50.5 Å². The Hall–Kier alpha value is -6.97. The lowest BCUT2D eigenvalue weighted by Gasteiger charge is -2.29. The molecular weight excluding hydrogens is 890 g/mol. The Morgan fingerprint density at radius 2 is 1.09 bits per heavy atom. The molecule has 0 aliphatic rings. The first-order valence-corrected chi connectivity index (χ1v) is 22.3. The van der Waals surface area contributed by atoms with E-state index < -0.39 is 95.2 Å². The van der Waals surface area contributed by atoms with Crippen LogP contribution in [0.3, 0.4) is 0 Å². The highest BCUT2D eigenvalue weighted by atomic mass is 35.5. The highest BCUT2D eigenvalue weighted by molar-refractivity contribution is 6.32. The summed E-state index contributed by atoms with van der Waals surface area (Å²) in [4.78, 5) is 113. The van der Waals surface area contributed by atoms with Crippen molar-refractivity contribution >= 4 is 76.5 Å². The predicted octanol–water partition coefficient (Wildman–Crippen LogP) is -0.269. The van der Waals surface area contributed by atoms with Crippen LogP contribution in [0.2, 0.25) is 0 Å². The fourth-order valence-corrected chi connectivity index (χ4v) is 6.72. The van der Waals surface area contributed by atoms with E-state index in [0.717, 1.165) is 0 Å². The maximum Gasteiger partial charge on any atom is 0.305 e. The van der Waals surface area contributed by atoms with Crippen LogP contribution < -0.4 is 60.6 Å². The van der Waals surface area contributed by atoms with Gasteiger partial charge in [-0.25, -0.2) is 0 Å². The number of carbonyl (C=O) groups is 8. The lowest BCUT2D eigenvalue weighted by Crippen LogP contribution is -2.60. The van der Waals surface area contributed by atoms with E-state index in [9.17, 15) is 43.5 Å². The number of aliphatic imine (C=N–C) groups is 2. The number of nitrogens with one attached hydrogen (secondary N) is 6. The van der Waals surface area contributed by atoms with Crippen molar-refractivity contribution < 1.29 is 43.5 Å². The third kappa shape index (κ3) is 20.4. The van der Waals surface area contributed by atoms with E-state index >= 15 is 0 Å². The van der Waals surface area contributed by atoms with Crippen LogP contribution in [-0.4, -0.2) is 108 Å². The van der Waals surface area contributed by atoms with Crippen molar-refractivity contribution in [3.05, 3.63) is 65.7 Å². The van der Waals surface area contributed by atoms with Gasteiger partial charge >= 0.3 is 5.97 Å². The number of hydrogen-bond donors (Lipinski definition) is 12. The number of carboxylic acids is 1. The number of halogens is 1. The highest BCUT2D eigenvalue weighted by Crippen LogP contribution is 2.22. The minimum Gasteiger partial charge on any atom is -0.481 e. The van der Waals surface area contributed by atoms with Gasteiger partial charge in [0.05, 0.1) is 12.8 Å².